The van der Waals surface area contributed by atoms with Gasteiger partial charge in [0.1, 0.15) is 6.54 Å². The van der Waals surface area contributed by atoms with Crippen LogP contribution in [0.15, 0.2) is 42.6 Å². The van der Waals surface area contributed by atoms with Crippen LogP contribution in [0, 0.1) is 10.1 Å². The van der Waals surface area contributed by atoms with E-state index in [1.54, 1.807) is 6.07 Å². The summed E-state index contributed by atoms with van der Waals surface area (Å²) in [5, 5.41) is 11.1. The third-order valence-corrected chi connectivity index (χ3v) is 5.68. The van der Waals surface area contributed by atoms with Crippen LogP contribution in [0.3, 0.4) is 0 Å². The van der Waals surface area contributed by atoms with Crippen molar-refractivity contribution < 1.29 is 14.5 Å². The predicted molar refractivity (Wildman–Crippen MR) is 113 cm³/mol. The minimum absolute atomic E-state index is 0.0442. The van der Waals surface area contributed by atoms with E-state index in [9.17, 15) is 19.7 Å². The van der Waals surface area contributed by atoms with Crippen molar-refractivity contribution in [3.05, 3.63) is 64.0 Å². The molecular weight excluding hydrogens is 384 g/mol. The molecule has 30 heavy (non-hydrogen) atoms. The van der Waals surface area contributed by atoms with Crippen LogP contribution < -0.4 is 0 Å². The number of amides is 2. The molecule has 0 saturated heterocycles. The topological polar surface area (TPSA) is 88.7 Å². The van der Waals surface area contributed by atoms with Crippen molar-refractivity contribution in [3.63, 3.8) is 0 Å². The van der Waals surface area contributed by atoms with Gasteiger partial charge >= 0.3 is 0 Å². The van der Waals surface area contributed by atoms with Crippen LogP contribution in [0.4, 0.5) is 5.69 Å². The van der Waals surface area contributed by atoms with Gasteiger partial charge in [0.2, 0.25) is 5.91 Å². The van der Waals surface area contributed by atoms with Gasteiger partial charge < -0.3 is 14.4 Å². The Morgan fingerprint density at radius 1 is 1.27 bits per heavy atom. The van der Waals surface area contributed by atoms with Crippen molar-refractivity contribution in [1.82, 2.24) is 14.4 Å². The number of hydrogen-bond acceptors (Lipinski definition) is 4. The molecule has 8 nitrogen and oxygen atoms in total. The Labute approximate surface area is 176 Å². The fourth-order valence-corrected chi connectivity index (χ4v) is 3.45. The van der Waals surface area contributed by atoms with Gasteiger partial charge in [-0.25, -0.2) is 0 Å². The minimum Gasteiger partial charge on any atom is -0.353 e. The lowest BCUT2D eigenvalue weighted by Crippen LogP contribution is -2.47. The number of aromatic nitrogens is 1. The molecule has 0 bridgehead atoms. The SMILES string of the molecule is CCC(C)N(CC(=O)N(Cc1cccn1C)C1CC1)C(=O)c1cccc([N+](=O)[O-])c1. The van der Waals surface area contributed by atoms with Crippen LogP contribution in [-0.2, 0) is 18.4 Å². The summed E-state index contributed by atoms with van der Waals surface area (Å²) in [5.74, 6) is -0.464. The van der Waals surface area contributed by atoms with Gasteiger partial charge in [-0.15, -0.1) is 0 Å². The van der Waals surface area contributed by atoms with Gasteiger partial charge in [-0.05, 0) is 44.4 Å². The molecule has 2 aromatic rings. The lowest BCUT2D eigenvalue weighted by molar-refractivity contribution is -0.384. The molecule has 0 aliphatic heterocycles. The quantitative estimate of drug-likeness (QED) is 0.467. The van der Waals surface area contributed by atoms with Crippen molar-refractivity contribution >= 4 is 17.5 Å². The second-order valence-electron chi connectivity index (χ2n) is 7.86. The third kappa shape index (κ3) is 4.87. The van der Waals surface area contributed by atoms with Crippen molar-refractivity contribution in [2.24, 2.45) is 7.05 Å². The highest BCUT2D eigenvalue weighted by molar-refractivity contribution is 5.97. The first-order valence-corrected chi connectivity index (χ1v) is 10.3. The number of rotatable bonds is 9. The number of hydrogen-bond donors (Lipinski definition) is 0. The zero-order chi connectivity index (χ0) is 21.8. The van der Waals surface area contributed by atoms with Crippen LogP contribution in [0.2, 0.25) is 0 Å². The van der Waals surface area contributed by atoms with Crippen molar-refractivity contribution in [2.75, 3.05) is 6.54 Å². The van der Waals surface area contributed by atoms with Crippen LogP contribution in [0.5, 0.6) is 0 Å². The summed E-state index contributed by atoms with van der Waals surface area (Å²) in [4.78, 5) is 40.3. The van der Waals surface area contributed by atoms with E-state index in [4.69, 9.17) is 0 Å². The molecule has 0 radical (unpaired) electrons. The maximum absolute atomic E-state index is 13.2. The molecule has 1 atom stereocenters. The summed E-state index contributed by atoms with van der Waals surface area (Å²) in [7, 11) is 1.95. The molecule has 1 fully saturated rings. The first kappa shape index (κ1) is 21.5. The Morgan fingerprint density at radius 3 is 2.57 bits per heavy atom. The third-order valence-electron chi connectivity index (χ3n) is 5.68. The fourth-order valence-electron chi connectivity index (χ4n) is 3.45. The van der Waals surface area contributed by atoms with Gasteiger partial charge in [-0.3, -0.25) is 19.7 Å². The Kier molecular flexibility index (Phi) is 6.54. The first-order valence-electron chi connectivity index (χ1n) is 10.3. The zero-order valence-electron chi connectivity index (χ0n) is 17.7. The molecule has 2 amide bonds. The molecule has 1 aromatic carbocycles. The average molecular weight is 412 g/mol. The van der Waals surface area contributed by atoms with Gasteiger partial charge in [0.15, 0.2) is 0 Å². The molecule has 1 heterocycles. The van der Waals surface area contributed by atoms with Crippen molar-refractivity contribution in [3.8, 4) is 0 Å². The number of benzene rings is 1. The van der Waals surface area contributed by atoms with Gasteiger partial charge in [-0.2, -0.15) is 0 Å². The lowest BCUT2D eigenvalue weighted by atomic mass is 10.1. The standard InChI is InChI=1S/C22H28N4O4/c1-4-16(2)24(22(28)17-7-5-8-19(13-17)26(29)30)15-21(27)25(18-10-11-18)14-20-9-6-12-23(20)3/h5-9,12-13,16,18H,4,10-11,14-15H2,1-3H3. The maximum atomic E-state index is 13.2. The molecule has 1 aromatic heterocycles. The van der Waals surface area contributed by atoms with E-state index in [-0.39, 0.29) is 41.7 Å². The molecule has 1 unspecified atom stereocenters. The van der Waals surface area contributed by atoms with E-state index in [0.29, 0.717) is 13.0 Å². The number of carbonyl (C=O) groups excluding carboxylic acids is 2. The van der Waals surface area contributed by atoms with Crippen LogP contribution >= 0.6 is 0 Å². The van der Waals surface area contributed by atoms with E-state index in [1.165, 1.54) is 23.1 Å². The van der Waals surface area contributed by atoms with E-state index < -0.39 is 4.92 Å². The van der Waals surface area contributed by atoms with Gasteiger partial charge in [0.25, 0.3) is 11.6 Å². The molecule has 8 heteroatoms. The summed E-state index contributed by atoms with van der Waals surface area (Å²) in [6.07, 6.45) is 4.56. The molecule has 160 valence electrons. The highest BCUT2D eigenvalue weighted by Gasteiger charge is 2.35. The number of nitrogens with zero attached hydrogens (tertiary/aromatic N) is 4. The van der Waals surface area contributed by atoms with Crippen molar-refractivity contribution in [1.29, 1.82) is 0 Å². The van der Waals surface area contributed by atoms with Gasteiger partial charge in [0, 0.05) is 48.7 Å². The maximum Gasteiger partial charge on any atom is 0.270 e. The smallest absolute Gasteiger partial charge is 0.270 e. The summed E-state index contributed by atoms with van der Waals surface area (Å²) < 4.78 is 1.99. The molecule has 3 rings (SSSR count). The monoisotopic (exact) mass is 412 g/mol. The first-order chi connectivity index (χ1) is 14.3. The Morgan fingerprint density at radius 2 is 2.00 bits per heavy atom. The zero-order valence-corrected chi connectivity index (χ0v) is 17.7. The molecule has 1 saturated carbocycles. The molecule has 0 spiro atoms. The van der Waals surface area contributed by atoms with E-state index >= 15 is 0 Å². The second-order valence-corrected chi connectivity index (χ2v) is 7.86. The van der Waals surface area contributed by atoms with E-state index in [2.05, 4.69) is 0 Å². The second kappa shape index (κ2) is 9.11. The van der Waals surface area contributed by atoms with Crippen LogP contribution in [0.1, 0.15) is 49.2 Å². The number of carbonyl (C=O) groups is 2. The molecule has 1 aliphatic carbocycles. The number of non-ortho nitro benzene ring substituents is 1. The minimum atomic E-state index is -0.524. The van der Waals surface area contributed by atoms with E-state index in [1.807, 2.05) is 48.7 Å². The highest BCUT2D eigenvalue weighted by Crippen LogP contribution is 2.29. The van der Waals surface area contributed by atoms with Crippen LogP contribution in [-0.4, -0.2) is 49.7 Å². The van der Waals surface area contributed by atoms with Gasteiger partial charge in [-0.1, -0.05) is 13.0 Å². The average Bonchev–Trinajstić information content (AvgIpc) is 3.50. The number of nitro groups is 1. The summed E-state index contributed by atoms with van der Waals surface area (Å²) in [6, 6.07) is 9.64. The predicted octanol–water partition coefficient (Wildman–Crippen LogP) is 3.37. The molecule has 1 aliphatic rings. The normalized spacial score (nSPS) is 14.2. The fraction of sp³-hybridized carbons (Fsp3) is 0.455. The Hall–Kier alpha value is -3.16. The summed E-state index contributed by atoms with van der Waals surface area (Å²) >= 11 is 0. The largest absolute Gasteiger partial charge is 0.353 e. The van der Waals surface area contributed by atoms with Gasteiger partial charge in [0.05, 0.1) is 11.5 Å². The molecule has 0 N–H and O–H groups in total. The lowest BCUT2D eigenvalue weighted by Gasteiger charge is -2.31. The van der Waals surface area contributed by atoms with E-state index in [0.717, 1.165) is 18.5 Å². The number of nitro benzene ring substituents is 1. The Balaban J connectivity index is 1.80. The summed E-state index contributed by atoms with van der Waals surface area (Å²) in [6.45, 7) is 4.30. The highest BCUT2D eigenvalue weighted by atomic mass is 16.6. The number of aryl methyl sites for hydroxylation is 1. The van der Waals surface area contributed by atoms with Crippen molar-refractivity contribution in [2.45, 2.75) is 51.7 Å². The van der Waals surface area contributed by atoms with Crippen LogP contribution in [0.25, 0.3) is 0 Å². The molecular formula is C22H28N4O4. The Bertz CT molecular complexity index is 935. The summed E-state index contributed by atoms with van der Waals surface area (Å²) in [5.41, 5.74) is 1.12.